The highest BCUT2D eigenvalue weighted by atomic mass is 79.9. The van der Waals surface area contributed by atoms with Crippen LogP contribution >= 0.6 is 15.9 Å². The van der Waals surface area contributed by atoms with Gasteiger partial charge in [-0.15, -0.1) is 0 Å². The summed E-state index contributed by atoms with van der Waals surface area (Å²) in [6, 6.07) is 17.0. The van der Waals surface area contributed by atoms with Gasteiger partial charge in [-0.2, -0.15) is 5.10 Å². The van der Waals surface area contributed by atoms with Crippen LogP contribution in [0.1, 0.15) is 25.3 Å². The zero-order valence-corrected chi connectivity index (χ0v) is 14.5. The summed E-state index contributed by atoms with van der Waals surface area (Å²) in [5.74, 6) is 0.413. The van der Waals surface area contributed by atoms with Crippen molar-refractivity contribution >= 4 is 28.1 Å². The predicted molar refractivity (Wildman–Crippen MR) is 95.6 cm³/mol. The second kappa shape index (κ2) is 9.10. The number of carbonyl (C=O) groups excluding carboxylic acids is 1. The average molecular weight is 375 g/mol. The van der Waals surface area contributed by atoms with E-state index in [1.807, 2.05) is 61.5 Å². The maximum atomic E-state index is 12.2. The van der Waals surface area contributed by atoms with E-state index in [1.54, 1.807) is 6.21 Å². The summed E-state index contributed by atoms with van der Waals surface area (Å²) in [4.78, 5) is 12.2. The molecule has 0 unspecified atom stereocenters. The SMILES string of the molecule is CCC[C@@H](Oc1ccc(Br)cc1)C(=O)N/N=C\c1ccccc1. The minimum absolute atomic E-state index is 0.248. The van der Waals surface area contributed by atoms with Crippen molar-refractivity contribution in [2.75, 3.05) is 0 Å². The number of hydrazone groups is 1. The summed E-state index contributed by atoms with van der Waals surface area (Å²) in [5, 5.41) is 3.99. The van der Waals surface area contributed by atoms with Crippen LogP contribution in [0.5, 0.6) is 5.75 Å². The summed E-state index contributed by atoms with van der Waals surface area (Å²) < 4.78 is 6.73. The summed E-state index contributed by atoms with van der Waals surface area (Å²) in [5.41, 5.74) is 3.47. The third-order valence-electron chi connectivity index (χ3n) is 3.12. The maximum absolute atomic E-state index is 12.2. The van der Waals surface area contributed by atoms with Crippen molar-refractivity contribution in [2.24, 2.45) is 5.10 Å². The minimum atomic E-state index is -0.561. The fourth-order valence-corrected chi connectivity index (χ4v) is 2.23. The van der Waals surface area contributed by atoms with Crippen molar-refractivity contribution in [1.82, 2.24) is 5.43 Å². The van der Waals surface area contributed by atoms with E-state index in [4.69, 9.17) is 4.74 Å². The fraction of sp³-hybridized carbons (Fsp3) is 0.222. The summed E-state index contributed by atoms with van der Waals surface area (Å²) in [6.45, 7) is 2.01. The molecule has 23 heavy (non-hydrogen) atoms. The molecule has 0 bridgehead atoms. The number of hydrogen-bond acceptors (Lipinski definition) is 3. The summed E-state index contributed by atoms with van der Waals surface area (Å²) in [7, 11) is 0. The molecule has 5 heteroatoms. The van der Waals surface area contributed by atoms with Gasteiger partial charge in [-0.1, -0.05) is 59.6 Å². The largest absolute Gasteiger partial charge is 0.481 e. The van der Waals surface area contributed by atoms with Crippen LogP contribution in [0.15, 0.2) is 64.2 Å². The molecule has 0 aromatic heterocycles. The molecule has 0 aliphatic carbocycles. The molecule has 0 heterocycles. The van der Waals surface area contributed by atoms with Crippen molar-refractivity contribution in [3.63, 3.8) is 0 Å². The predicted octanol–water partition coefficient (Wildman–Crippen LogP) is 4.15. The molecule has 0 aliphatic heterocycles. The number of halogens is 1. The van der Waals surface area contributed by atoms with Crippen LogP contribution in [0, 0.1) is 0 Å². The quantitative estimate of drug-likeness (QED) is 0.584. The van der Waals surface area contributed by atoms with Gasteiger partial charge in [0.15, 0.2) is 6.10 Å². The molecule has 0 radical (unpaired) electrons. The Balaban J connectivity index is 1.95. The average Bonchev–Trinajstić information content (AvgIpc) is 2.57. The highest BCUT2D eigenvalue weighted by molar-refractivity contribution is 9.10. The molecule has 1 atom stereocenters. The van der Waals surface area contributed by atoms with E-state index in [0.29, 0.717) is 12.2 Å². The standard InChI is InChI=1S/C18H19BrN2O2/c1-2-6-17(23-16-11-9-15(19)10-12-16)18(22)21-20-13-14-7-4-3-5-8-14/h3-5,7-13,17H,2,6H2,1H3,(H,21,22)/b20-13-/t17-/m1/s1. The number of amides is 1. The van der Waals surface area contributed by atoms with Gasteiger partial charge in [-0.3, -0.25) is 4.79 Å². The van der Waals surface area contributed by atoms with Crippen molar-refractivity contribution in [3.8, 4) is 5.75 Å². The summed E-state index contributed by atoms with van der Waals surface area (Å²) in [6.07, 6.45) is 2.52. The molecule has 0 saturated heterocycles. The molecular formula is C18H19BrN2O2. The zero-order chi connectivity index (χ0) is 16.5. The van der Waals surface area contributed by atoms with Gasteiger partial charge in [0.1, 0.15) is 5.75 Å². The van der Waals surface area contributed by atoms with Crippen molar-refractivity contribution < 1.29 is 9.53 Å². The van der Waals surface area contributed by atoms with E-state index in [9.17, 15) is 4.79 Å². The van der Waals surface area contributed by atoms with Crippen LogP contribution in [0.4, 0.5) is 0 Å². The Labute approximate surface area is 144 Å². The Morgan fingerprint density at radius 2 is 1.91 bits per heavy atom. The Hall–Kier alpha value is -2.14. The second-order valence-corrected chi connectivity index (χ2v) is 5.91. The molecular weight excluding hydrogens is 356 g/mol. The molecule has 2 aromatic carbocycles. The van der Waals surface area contributed by atoms with Gasteiger partial charge in [0.2, 0.25) is 0 Å². The van der Waals surface area contributed by atoms with Gasteiger partial charge >= 0.3 is 0 Å². The number of ether oxygens (including phenoxy) is 1. The van der Waals surface area contributed by atoms with Gasteiger partial charge < -0.3 is 4.74 Å². The molecule has 0 aliphatic rings. The number of nitrogens with zero attached hydrogens (tertiary/aromatic N) is 1. The van der Waals surface area contributed by atoms with Crippen LogP contribution in [-0.2, 0) is 4.79 Å². The van der Waals surface area contributed by atoms with Crippen molar-refractivity contribution in [2.45, 2.75) is 25.9 Å². The topological polar surface area (TPSA) is 50.7 Å². The summed E-state index contributed by atoms with van der Waals surface area (Å²) >= 11 is 3.37. The van der Waals surface area contributed by atoms with Crippen LogP contribution in [0.2, 0.25) is 0 Å². The third kappa shape index (κ3) is 5.87. The van der Waals surface area contributed by atoms with Gasteiger partial charge in [0.05, 0.1) is 6.21 Å². The van der Waals surface area contributed by atoms with E-state index < -0.39 is 6.10 Å². The lowest BCUT2D eigenvalue weighted by Gasteiger charge is -2.16. The lowest BCUT2D eigenvalue weighted by atomic mass is 10.2. The molecule has 2 aromatic rings. The molecule has 1 amide bonds. The molecule has 120 valence electrons. The number of rotatable bonds is 7. The van der Waals surface area contributed by atoms with E-state index in [2.05, 4.69) is 26.5 Å². The first-order chi connectivity index (χ1) is 11.2. The second-order valence-electron chi connectivity index (χ2n) is 4.99. The maximum Gasteiger partial charge on any atom is 0.281 e. The van der Waals surface area contributed by atoms with Crippen LogP contribution in [-0.4, -0.2) is 18.2 Å². The number of nitrogens with one attached hydrogen (secondary N) is 1. The Kier molecular flexibility index (Phi) is 6.81. The van der Waals surface area contributed by atoms with Crippen LogP contribution < -0.4 is 10.2 Å². The number of benzene rings is 2. The number of hydrogen-bond donors (Lipinski definition) is 1. The third-order valence-corrected chi connectivity index (χ3v) is 3.65. The first-order valence-corrected chi connectivity index (χ1v) is 8.28. The lowest BCUT2D eigenvalue weighted by molar-refractivity contribution is -0.128. The van der Waals surface area contributed by atoms with Crippen molar-refractivity contribution in [3.05, 3.63) is 64.6 Å². The van der Waals surface area contributed by atoms with Gasteiger partial charge in [-0.25, -0.2) is 5.43 Å². The fourth-order valence-electron chi connectivity index (χ4n) is 1.96. The Bertz CT molecular complexity index is 642. The molecule has 0 saturated carbocycles. The minimum Gasteiger partial charge on any atom is -0.481 e. The van der Waals surface area contributed by atoms with E-state index in [-0.39, 0.29) is 5.91 Å². The molecule has 0 fully saturated rings. The van der Waals surface area contributed by atoms with Crippen LogP contribution in [0.3, 0.4) is 0 Å². The monoisotopic (exact) mass is 374 g/mol. The molecule has 0 spiro atoms. The molecule has 2 rings (SSSR count). The number of carbonyl (C=O) groups is 1. The highest BCUT2D eigenvalue weighted by Gasteiger charge is 2.19. The van der Waals surface area contributed by atoms with E-state index in [1.165, 1.54) is 0 Å². The molecule has 4 nitrogen and oxygen atoms in total. The Morgan fingerprint density at radius 1 is 1.22 bits per heavy atom. The highest BCUT2D eigenvalue weighted by Crippen LogP contribution is 2.18. The first-order valence-electron chi connectivity index (χ1n) is 7.49. The smallest absolute Gasteiger partial charge is 0.281 e. The zero-order valence-electron chi connectivity index (χ0n) is 12.9. The normalized spacial score (nSPS) is 12.1. The van der Waals surface area contributed by atoms with Gasteiger partial charge in [0, 0.05) is 4.47 Å². The van der Waals surface area contributed by atoms with Gasteiger partial charge in [0.25, 0.3) is 5.91 Å². The molecule has 1 N–H and O–H groups in total. The van der Waals surface area contributed by atoms with Crippen LogP contribution in [0.25, 0.3) is 0 Å². The van der Waals surface area contributed by atoms with Crippen molar-refractivity contribution in [1.29, 1.82) is 0 Å². The van der Waals surface area contributed by atoms with Gasteiger partial charge in [-0.05, 0) is 36.2 Å². The van der Waals surface area contributed by atoms with E-state index >= 15 is 0 Å². The Morgan fingerprint density at radius 3 is 2.57 bits per heavy atom. The van der Waals surface area contributed by atoms with E-state index in [0.717, 1.165) is 16.5 Å². The lowest BCUT2D eigenvalue weighted by Crippen LogP contribution is -2.35. The first kappa shape index (κ1) is 17.2.